The standard InChI is InChI=1S/C10H13N5O2S/c1-5-8(18-10(11)13-5)9(16)12-4-3-7-14-6(2)15-17-7/h3-4H2,1-2H3,(H2,11,13)(H,12,16). The molecule has 0 aliphatic heterocycles. The van der Waals surface area contributed by atoms with E-state index < -0.39 is 0 Å². The summed E-state index contributed by atoms with van der Waals surface area (Å²) in [6.07, 6.45) is 0.500. The van der Waals surface area contributed by atoms with Gasteiger partial charge in [0.1, 0.15) is 4.88 Å². The number of nitrogens with one attached hydrogen (secondary N) is 1. The van der Waals surface area contributed by atoms with Crippen molar-refractivity contribution in [2.24, 2.45) is 0 Å². The molecule has 18 heavy (non-hydrogen) atoms. The SMILES string of the molecule is Cc1noc(CCNC(=O)c2sc(N)nc2C)n1. The third-order valence-electron chi connectivity index (χ3n) is 2.21. The van der Waals surface area contributed by atoms with Crippen molar-refractivity contribution in [3.63, 3.8) is 0 Å². The van der Waals surface area contributed by atoms with Crippen LogP contribution in [-0.4, -0.2) is 27.6 Å². The average Bonchev–Trinajstić information content (AvgIpc) is 2.85. The number of thiazole rings is 1. The molecule has 0 saturated heterocycles. The number of aromatic nitrogens is 3. The lowest BCUT2D eigenvalue weighted by atomic mass is 10.3. The fourth-order valence-electron chi connectivity index (χ4n) is 1.43. The molecule has 0 saturated carbocycles. The van der Waals surface area contributed by atoms with Crippen LogP contribution in [-0.2, 0) is 6.42 Å². The Labute approximate surface area is 107 Å². The molecule has 0 aliphatic rings. The van der Waals surface area contributed by atoms with Crippen LogP contribution in [0.3, 0.4) is 0 Å². The van der Waals surface area contributed by atoms with Gasteiger partial charge in [0, 0.05) is 13.0 Å². The topological polar surface area (TPSA) is 107 Å². The van der Waals surface area contributed by atoms with Gasteiger partial charge in [-0.1, -0.05) is 16.5 Å². The Morgan fingerprint density at radius 1 is 1.44 bits per heavy atom. The van der Waals surface area contributed by atoms with Gasteiger partial charge in [-0.2, -0.15) is 4.98 Å². The van der Waals surface area contributed by atoms with Crippen molar-refractivity contribution in [2.45, 2.75) is 20.3 Å². The first-order valence-electron chi connectivity index (χ1n) is 5.36. The number of aryl methyl sites for hydroxylation is 2. The van der Waals surface area contributed by atoms with Gasteiger partial charge in [-0.25, -0.2) is 4.98 Å². The van der Waals surface area contributed by atoms with Gasteiger partial charge < -0.3 is 15.6 Å². The quantitative estimate of drug-likeness (QED) is 0.844. The van der Waals surface area contributed by atoms with Crippen molar-refractivity contribution in [2.75, 3.05) is 12.3 Å². The highest BCUT2D eigenvalue weighted by atomic mass is 32.1. The van der Waals surface area contributed by atoms with Gasteiger partial charge in [0.15, 0.2) is 11.0 Å². The maximum absolute atomic E-state index is 11.8. The molecule has 2 heterocycles. The summed E-state index contributed by atoms with van der Waals surface area (Å²) in [6.45, 7) is 3.93. The van der Waals surface area contributed by atoms with Gasteiger partial charge in [-0.05, 0) is 13.8 Å². The van der Waals surface area contributed by atoms with E-state index in [2.05, 4.69) is 20.4 Å². The van der Waals surface area contributed by atoms with Gasteiger partial charge in [-0.3, -0.25) is 4.79 Å². The largest absolute Gasteiger partial charge is 0.375 e. The Morgan fingerprint density at radius 3 is 2.78 bits per heavy atom. The van der Waals surface area contributed by atoms with Gasteiger partial charge in [0.25, 0.3) is 5.91 Å². The zero-order valence-electron chi connectivity index (χ0n) is 10.1. The molecular weight excluding hydrogens is 254 g/mol. The van der Waals surface area contributed by atoms with Crippen LogP contribution in [0.4, 0.5) is 5.13 Å². The second kappa shape index (κ2) is 5.13. The van der Waals surface area contributed by atoms with Crippen molar-refractivity contribution in [3.05, 3.63) is 22.3 Å². The molecule has 0 spiro atoms. The highest BCUT2D eigenvalue weighted by Crippen LogP contribution is 2.19. The minimum atomic E-state index is -0.182. The summed E-state index contributed by atoms with van der Waals surface area (Å²) in [7, 11) is 0. The van der Waals surface area contributed by atoms with E-state index in [0.717, 1.165) is 0 Å². The minimum Gasteiger partial charge on any atom is -0.375 e. The number of carbonyl (C=O) groups excluding carboxylic acids is 1. The molecule has 0 unspecified atom stereocenters. The zero-order chi connectivity index (χ0) is 13.1. The highest BCUT2D eigenvalue weighted by molar-refractivity contribution is 7.17. The molecule has 8 heteroatoms. The molecule has 0 aliphatic carbocycles. The molecule has 0 fully saturated rings. The van der Waals surface area contributed by atoms with Crippen LogP contribution in [0.2, 0.25) is 0 Å². The predicted molar refractivity (Wildman–Crippen MR) is 66.3 cm³/mol. The van der Waals surface area contributed by atoms with E-state index >= 15 is 0 Å². The normalized spacial score (nSPS) is 10.6. The van der Waals surface area contributed by atoms with Gasteiger partial charge >= 0.3 is 0 Å². The lowest BCUT2D eigenvalue weighted by molar-refractivity contribution is 0.0956. The lowest BCUT2D eigenvalue weighted by Crippen LogP contribution is -2.25. The Morgan fingerprint density at radius 2 is 2.22 bits per heavy atom. The summed E-state index contributed by atoms with van der Waals surface area (Å²) in [6, 6.07) is 0. The number of hydrogen-bond donors (Lipinski definition) is 2. The number of carbonyl (C=O) groups is 1. The van der Waals surface area contributed by atoms with Crippen molar-refractivity contribution in [1.82, 2.24) is 20.4 Å². The number of rotatable bonds is 4. The molecule has 7 nitrogen and oxygen atoms in total. The first kappa shape index (κ1) is 12.5. The Bertz CT molecular complexity index is 562. The van der Waals surface area contributed by atoms with Crippen LogP contribution < -0.4 is 11.1 Å². The van der Waals surface area contributed by atoms with Crippen LogP contribution in [0.15, 0.2) is 4.52 Å². The Kier molecular flexibility index (Phi) is 3.56. The van der Waals surface area contributed by atoms with E-state index in [4.69, 9.17) is 10.3 Å². The number of hydrogen-bond acceptors (Lipinski definition) is 7. The first-order chi connectivity index (χ1) is 8.56. The molecule has 2 aromatic rings. The van der Waals surface area contributed by atoms with Crippen LogP contribution in [0, 0.1) is 13.8 Å². The number of nitrogen functional groups attached to an aromatic ring is 1. The highest BCUT2D eigenvalue weighted by Gasteiger charge is 2.13. The molecule has 96 valence electrons. The third-order valence-corrected chi connectivity index (χ3v) is 3.20. The molecule has 2 rings (SSSR count). The van der Waals surface area contributed by atoms with Crippen molar-refractivity contribution in [1.29, 1.82) is 0 Å². The van der Waals surface area contributed by atoms with E-state index in [-0.39, 0.29) is 5.91 Å². The summed E-state index contributed by atoms with van der Waals surface area (Å²) < 4.78 is 4.94. The van der Waals surface area contributed by atoms with Crippen LogP contribution in [0.1, 0.15) is 27.1 Å². The molecule has 0 radical (unpaired) electrons. The van der Waals surface area contributed by atoms with Crippen LogP contribution >= 0.6 is 11.3 Å². The smallest absolute Gasteiger partial charge is 0.263 e. The number of amides is 1. The monoisotopic (exact) mass is 267 g/mol. The van der Waals surface area contributed by atoms with E-state index in [1.165, 1.54) is 11.3 Å². The molecule has 0 aromatic carbocycles. The molecule has 0 atom stereocenters. The van der Waals surface area contributed by atoms with Gasteiger partial charge in [0.2, 0.25) is 5.89 Å². The van der Waals surface area contributed by atoms with Crippen molar-refractivity contribution < 1.29 is 9.32 Å². The fourth-order valence-corrected chi connectivity index (χ4v) is 2.18. The first-order valence-corrected chi connectivity index (χ1v) is 6.18. The van der Waals surface area contributed by atoms with Gasteiger partial charge in [-0.15, -0.1) is 0 Å². The summed E-state index contributed by atoms with van der Waals surface area (Å²) in [5, 5.41) is 6.82. The maximum atomic E-state index is 11.8. The van der Waals surface area contributed by atoms with Crippen LogP contribution in [0.5, 0.6) is 0 Å². The lowest BCUT2D eigenvalue weighted by Gasteiger charge is -2.01. The molecule has 1 amide bonds. The van der Waals surface area contributed by atoms with Gasteiger partial charge in [0.05, 0.1) is 5.69 Å². The Balaban J connectivity index is 1.87. The number of anilines is 1. The maximum Gasteiger partial charge on any atom is 0.263 e. The van der Waals surface area contributed by atoms with E-state index in [1.54, 1.807) is 13.8 Å². The molecular formula is C10H13N5O2S. The molecule has 3 N–H and O–H groups in total. The summed E-state index contributed by atoms with van der Waals surface area (Å²) in [5.41, 5.74) is 6.18. The summed E-state index contributed by atoms with van der Waals surface area (Å²) >= 11 is 1.18. The number of nitrogens with zero attached hydrogens (tertiary/aromatic N) is 3. The predicted octanol–water partition coefficient (Wildman–Crippen LogP) is 0.698. The molecule has 0 bridgehead atoms. The average molecular weight is 267 g/mol. The Hall–Kier alpha value is -1.96. The van der Waals surface area contributed by atoms with E-state index in [1.807, 2.05) is 0 Å². The van der Waals surface area contributed by atoms with Crippen molar-refractivity contribution in [3.8, 4) is 0 Å². The van der Waals surface area contributed by atoms with E-state index in [9.17, 15) is 4.79 Å². The summed E-state index contributed by atoms with van der Waals surface area (Å²) in [4.78, 5) is 20.4. The number of nitrogens with two attached hydrogens (primary N) is 1. The fraction of sp³-hybridized carbons (Fsp3) is 0.400. The van der Waals surface area contributed by atoms with Crippen LogP contribution in [0.25, 0.3) is 0 Å². The molecule has 2 aromatic heterocycles. The third kappa shape index (κ3) is 2.83. The minimum absolute atomic E-state index is 0.182. The van der Waals surface area contributed by atoms with Crippen molar-refractivity contribution >= 4 is 22.4 Å². The second-order valence-corrected chi connectivity index (χ2v) is 4.74. The summed E-state index contributed by atoms with van der Waals surface area (Å²) in [5.74, 6) is 0.911. The van der Waals surface area contributed by atoms with E-state index in [0.29, 0.717) is 40.4 Å². The second-order valence-electron chi connectivity index (χ2n) is 3.71. The zero-order valence-corrected chi connectivity index (χ0v) is 10.9.